The molecule has 0 aliphatic carbocycles. The van der Waals surface area contributed by atoms with Crippen molar-refractivity contribution >= 4 is 5.91 Å². The summed E-state index contributed by atoms with van der Waals surface area (Å²) in [5.74, 6) is 2.07. The van der Waals surface area contributed by atoms with E-state index in [1.54, 1.807) is 31.4 Å². The maximum atomic E-state index is 12.6. The number of nitrogens with one attached hydrogen (secondary N) is 1. The van der Waals surface area contributed by atoms with Crippen LogP contribution in [0.15, 0.2) is 72.8 Å². The van der Waals surface area contributed by atoms with Gasteiger partial charge in [-0.15, -0.1) is 0 Å². The van der Waals surface area contributed by atoms with E-state index in [0.717, 1.165) is 22.6 Å². The number of carbonyl (C=O) groups excluding carboxylic acids is 1. The Balaban J connectivity index is 1.68. The van der Waals surface area contributed by atoms with Crippen molar-refractivity contribution in [3.8, 4) is 17.2 Å². The molecule has 1 atom stereocenters. The topological polar surface area (TPSA) is 47.6 Å². The molecule has 3 aromatic carbocycles. The lowest BCUT2D eigenvalue weighted by Gasteiger charge is -2.18. The zero-order chi connectivity index (χ0) is 19.2. The number of carbonyl (C=O) groups is 1. The van der Waals surface area contributed by atoms with E-state index in [0.29, 0.717) is 11.3 Å². The molecule has 0 fully saturated rings. The predicted octanol–water partition coefficient (Wildman–Crippen LogP) is 5.29. The van der Waals surface area contributed by atoms with E-state index in [1.165, 1.54) is 0 Å². The average molecular weight is 361 g/mol. The maximum absolute atomic E-state index is 12.6. The van der Waals surface area contributed by atoms with E-state index >= 15 is 0 Å². The second-order valence-electron chi connectivity index (χ2n) is 6.38. The number of para-hydroxylation sites is 1. The highest BCUT2D eigenvalue weighted by Gasteiger charge is 2.15. The molecule has 0 unspecified atom stereocenters. The van der Waals surface area contributed by atoms with Crippen LogP contribution in [0.2, 0.25) is 0 Å². The van der Waals surface area contributed by atoms with E-state index < -0.39 is 0 Å². The van der Waals surface area contributed by atoms with Crippen molar-refractivity contribution in [2.75, 3.05) is 7.11 Å². The minimum absolute atomic E-state index is 0.141. The summed E-state index contributed by atoms with van der Waals surface area (Å²) in [4.78, 5) is 12.6. The lowest BCUT2D eigenvalue weighted by Crippen LogP contribution is -2.27. The first-order chi connectivity index (χ1) is 13.1. The first-order valence-electron chi connectivity index (χ1n) is 8.85. The molecule has 4 nitrogen and oxygen atoms in total. The zero-order valence-corrected chi connectivity index (χ0v) is 15.7. The molecule has 0 radical (unpaired) electrons. The minimum atomic E-state index is -0.174. The molecule has 0 spiro atoms. The fourth-order valence-electron chi connectivity index (χ4n) is 2.85. The molecule has 0 aromatic heterocycles. The third-order valence-corrected chi connectivity index (χ3v) is 4.29. The maximum Gasteiger partial charge on any atom is 0.251 e. The van der Waals surface area contributed by atoms with Crippen molar-refractivity contribution < 1.29 is 14.3 Å². The van der Waals surface area contributed by atoms with E-state index in [2.05, 4.69) is 5.32 Å². The zero-order valence-electron chi connectivity index (χ0n) is 15.7. The third kappa shape index (κ3) is 4.67. The van der Waals surface area contributed by atoms with Gasteiger partial charge in [0.15, 0.2) is 0 Å². The number of benzene rings is 3. The van der Waals surface area contributed by atoms with E-state index in [9.17, 15) is 4.79 Å². The number of rotatable bonds is 6. The third-order valence-electron chi connectivity index (χ3n) is 4.29. The average Bonchev–Trinajstić information content (AvgIpc) is 2.69. The van der Waals surface area contributed by atoms with Crippen molar-refractivity contribution in [1.82, 2.24) is 5.32 Å². The van der Waals surface area contributed by atoms with Crippen LogP contribution in [-0.2, 0) is 0 Å². The Hall–Kier alpha value is -3.27. The van der Waals surface area contributed by atoms with Gasteiger partial charge < -0.3 is 14.8 Å². The van der Waals surface area contributed by atoms with Crippen LogP contribution in [0.4, 0.5) is 0 Å². The molecule has 1 amide bonds. The first kappa shape index (κ1) is 18.5. The number of aryl methyl sites for hydroxylation is 1. The fourth-order valence-corrected chi connectivity index (χ4v) is 2.85. The molecular formula is C23H23NO3. The monoisotopic (exact) mass is 361 g/mol. The lowest BCUT2D eigenvalue weighted by atomic mass is 10.0. The minimum Gasteiger partial charge on any atom is -0.496 e. The molecular weight excluding hydrogens is 338 g/mol. The van der Waals surface area contributed by atoms with Crippen LogP contribution in [0, 0.1) is 6.92 Å². The van der Waals surface area contributed by atoms with Crippen LogP contribution >= 0.6 is 0 Å². The summed E-state index contributed by atoms with van der Waals surface area (Å²) in [7, 11) is 1.63. The van der Waals surface area contributed by atoms with Crippen molar-refractivity contribution in [2.24, 2.45) is 0 Å². The van der Waals surface area contributed by atoms with Gasteiger partial charge in [0.25, 0.3) is 5.91 Å². The molecule has 1 N–H and O–H groups in total. The Morgan fingerprint density at radius 2 is 1.59 bits per heavy atom. The number of amides is 1. The Labute approximate surface area is 159 Å². The lowest BCUT2D eigenvalue weighted by molar-refractivity contribution is 0.0939. The predicted molar refractivity (Wildman–Crippen MR) is 107 cm³/mol. The molecule has 27 heavy (non-hydrogen) atoms. The fraction of sp³-hybridized carbons (Fsp3) is 0.174. The molecule has 3 aromatic rings. The van der Waals surface area contributed by atoms with Gasteiger partial charge >= 0.3 is 0 Å². The van der Waals surface area contributed by atoms with Crippen LogP contribution in [0.5, 0.6) is 17.2 Å². The largest absolute Gasteiger partial charge is 0.496 e. The second kappa shape index (κ2) is 8.41. The van der Waals surface area contributed by atoms with Crippen molar-refractivity contribution in [2.45, 2.75) is 19.9 Å². The van der Waals surface area contributed by atoms with Gasteiger partial charge in [-0.2, -0.15) is 0 Å². The van der Waals surface area contributed by atoms with Crippen LogP contribution < -0.4 is 14.8 Å². The number of hydrogen-bond donors (Lipinski definition) is 1. The van der Waals surface area contributed by atoms with E-state index in [4.69, 9.17) is 9.47 Å². The Morgan fingerprint density at radius 3 is 2.26 bits per heavy atom. The highest BCUT2D eigenvalue weighted by atomic mass is 16.5. The number of ether oxygens (including phenoxy) is 2. The molecule has 3 rings (SSSR count). The highest BCUT2D eigenvalue weighted by molar-refractivity contribution is 5.94. The summed E-state index contributed by atoms with van der Waals surface area (Å²) in [6, 6.07) is 22.4. The van der Waals surface area contributed by atoms with Crippen molar-refractivity contribution in [3.05, 3.63) is 89.5 Å². The van der Waals surface area contributed by atoms with Crippen LogP contribution in [-0.4, -0.2) is 13.0 Å². The normalized spacial score (nSPS) is 11.5. The molecule has 0 aliphatic rings. The molecule has 0 heterocycles. The molecule has 0 bridgehead atoms. The molecule has 0 aliphatic heterocycles. The Morgan fingerprint density at radius 1 is 0.926 bits per heavy atom. The van der Waals surface area contributed by atoms with Crippen molar-refractivity contribution in [3.63, 3.8) is 0 Å². The van der Waals surface area contributed by atoms with Gasteiger partial charge in [0.2, 0.25) is 0 Å². The van der Waals surface area contributed by atoms with Gasteiger partial charge in [-0.05, 0) is 56.3 Å². The molecule has 138 valence electrons. The van der Waals surface area contributed by atoms with Crippen LogP contribution in [0.25, 0.3) is 0 Å². The summed E-state index contributed by atoms with van der Waals surface area (Å²) in [6.45, 7) is 3.96. The Kier molecular flexibility index (Phi) is 5.77. The van der Waals surface area contributed by atoms with Gasteiger partial charge in [0, 0.05) is 11.1 Å². The first-order valence-corrected chi connectivity index (χ1v) is 8.85. The summed E-state index contributed by atoms with van der Waals surface area (Å²) in [6.07, 6.45) is 0. The van der Waals surface area contributed by atoms with Gasteiger partial charge in [0.1, 0.15) is 17.2 Å². The smallest absolute Gasteiger partial charge is 0.251 e. The Bertz CT molecular complexity index is 905. The summed E-state index contributed by atoms with van der Waals surface area (Å²) < 4.78 is 11.2. The molecule has 0 saturated carbocycles. The van der Waals surface area contributed by atoms with E-state index in [-0.39, 0.29) is 11.9 Å². The van der Waals surface area contributed by atoms with Gasteiger partial charge in [0.05, 0.1) is 13.2 Å². The highest BCUT2D eigenvalue weighted by Crippen LogP contribution is 2.26. The standard InChI is InChI=1S/C23H23NO3/c1-16-9-14-22(26-3)21(15-16)17(2)24-23(25)18-10-12-20(13-11-18)27-19-7-5-4-6-8-19/h4-15,17H,1-3H3,(H,24,25)/t17-/m1/s1. The van der Waals surface area contributed by atoms with Crippen LogP contribution in [0.1, 0.15) is 34.5 Å². The van der Waals surface area contributed by atoms with Gasteiger partial charge in [-0.3, -0.25) is 4.79 Å². The summed E-state index contributed by atoms with van der Waals surface area (Å²) >= 11 is 0. The van der Waals surface area contributed by atoms with Gasteiger partial charge in [-0.1, -0.05) is 35.9 Å². The number of hydrogen-bond acceptors (Lipinski definition) is 3. The summed E-state index contributed by atoms with van der Waals surface area (Å²) in [5.41, 5.74) is 2.65. The number of methoxy groups -OCH3 is 1. The second-order valence-corrected chi connectivity index (χ2v) is 6.38. The van der Waals surface area contributed by atoms with Gasteiger partial charge in [-0.25, -0.2) is 0 Å². The van der Waals surface area contributed by atoms with E-state index in [1.807, 2.05) is 62.4 Å². The van der Waals surface area contributed by atoms with Crippen LogP contribution in [0.3, 0.4) is 0 Å². The molecule has 4 heteroatoms. The molecule has 0 saturated heterocycles. The SMILES string of the molecule is COc1ccc(C)cc1[C@@H](C)NC(=O)c1ccc(Oc2ccccc2)cc1. The quantitative estimate of drug-likeness (QED) is 0.649. The summed E-state index contributed by atoms with van der Waals surface area (Å²) in [5, 5.41) is 3.02. The van der Waals surface area contributed by atoms with Crippen molar-refractivity contribution in [1.29, 1.82) is 0 Å².